The minimum absolute atomic E-state index is 0.130. The molecule has 0 aliphatic carbocycles. The first-order valence-electron chi connectivity index (χ1n) is 10.2. The van der Waals surface area contributed by atoms with Crippen molar-refractivity contribution in [1.82, 2.24) is 10.3 Å². The lowest BCUT2D eigenvalue weighted by atomic mass is 9.98. The van der Waals surface area contributed by atoms with Crippen molar-refractivity contribution in [2.75, 3.05) is 25.9 Å². The molecule has 1 rings (SSSR count). The lowest BCUT2D eigenvalue weighted by Gasteiger charge is -2.17. The molecule has 0 saturated heterocycles. The fourth-order valence-corrected chi connectivity index (χ4v) is 2.71. The number of nitrogens with two attached hydrogens (primary N) is 4. The molecule has 9 N–H and O–H groups in total. The summed E-state index contributed by atoms with van der Waals surface area (Å²) in [4.78, 5) is 15.9. The number of hydrazone groups is 1. The number of hydrogen-bond acceptors (Lipinski definition) is 9. The van der Waals surface area contributed by atoms with Gasteiger partial charge in [-0.15, -0.1) is 0 Å². The average Bonchev–Trinajstić information content (AvgIpc) is 2.78. The van der Waals surface area contributed by atoms with E-state index in [9.17, 15) is 4.79 Å². The Bertz CT molecular complexity index is 1030. The van der Waals surface area contributed by atoms with Crippen LogP contribution in [0.1, 0.15) is 35.3 Å². The molecule has 0 amide bonds. The maximum absolute atomic E-state index is 11.9. The summed E-state index contributed by atoms with van der Waals surface area (Å²) < 4.78 is 0. The van der Waals surface area contributed by atoms with E-state index in [0.717, 1.165) is 5.57 Å². The molecule has 9 nitrogen and oxygen atoms in total. The molecule has 1 aromatic carbocycles. The van der Waals surface area contributed by atoms with Crippen LogP contribution in [-0.4, -0.2) is 43.9 Å². The molecular formula is C24H34N8O. The quantitative estimate of drug-likeness (QED) is 0.107. The van der Waals surface area contributed by atoms with Crippen molar-refractivity contribution in [3.05, 3.63) is 83.0 Å². The highest BCUT2D eigenvalue weighted by Crippen LogP contribution is 2.23. The van der Waals surface area contributed by atoms with Crippen LogP contribution in [0, 0.1) is 0 Å². The van der Waals surface area contributed by atoms with E-state index in [2.05, 4.69) is 28.7 Å². The number of benzene rings is 1. The number of allylic oxidation sites excluding steroid dienone is 2. The topological polar surface area (TPSA) is 161 Å². The smallest absolute Gasteiger partial charge is 0.159 e. The van der Waals surface area contributed by atoms with Crippen LogP contribution < -0.4 is 28.3 Å². The number of hydrogen-bond donors (Lipinski definition) is 5. The van der Waals surface area contributed by atoms with Crippen LogP contribution >= 0.6 is 0 Å². The minimum atomic E-state index is -0.130. The number of nitrogens with zero attached hydrogens (tertiary/aromatic N) is 3. The Morgan fingerprint density at radius 1 is 1.27 bits per heavy atom. The van der Waals surface area contributed by atoms with E-state index in [4.69, 9.17) is 22.9 Å². The van der Waals surface area contributed by atoms with E-state index >= 15 is 0 Å². The highest BCUT2D eigenvalue weighted by atomic mass is 16.1. The molecule has 33 heavy (non-hydrogen) atoms. The molecule has 0 unspecified atom stereocenters. The summed E-state index contributed by atoms with van der Waals surface area (Å²) in [6.07, 6.45) is 10.4. The zero-order valence-electron chi connectivity index (χ0n) is 19.5. The van der Waals surface area contributed by atoms with Crippen LogP contribution in [0.25, 0.3) is 5.70 Å². The Morgan fingerprint density at radius 3 is 2.52 bits per heavy atom. The fraction of sp³-hybridized carbons (Fsp3) is 0.208. The Morgan fingerprint density at radius 2 is 1.97 bits per heavy atom. The number of nitrogens with one attached hydrogen (secondary N) is 1. The van der Waals surface area contributed by atoms with E-state index < -0.39 is 0 Å². The predicted molar refractivity (Wildman–Crippen MR) is 139 cm³/mol. The third kappa shape index (κ3) is 8.50. The number of anilines is 1. The van der Waals surface area contributed by atoms with Gasteiger partial charge in [-0.3, -0.25) is 14.8 Å². The summed E-state index contributed by atoms with van der Waals surface area (Å²) in [6.45, 7) is 11.5. The van der Waals surface area contributed by atoms with Crippen LogP contribution in [0.3, 0.4) is 0 Å². The largest absolute Gasteiger partial charge is 0.399 e. The minimum Gasteiger partial charge on any atom is -0.399 e. The predicted octanol–water partition coefficient (Wildman–Crippen LogP) is 2.06. The normalized spacial score (nSPS) is 12.9. The molecule has 0 heterocycles. The van der Waals surface area contributed by atoms with Gasteiger partial charge in [0, 0.05) is 72.7 Å². The molecule has 0 aliphatic rings. The molecule has 0 aliphatic heterocycles. The van der Waals surface area contributed by atoms with Gasteiger partial charge in [-0.1, -0.05) is 18.7 Å². The Hall–Kier alpha value is -4.11. The van der Waals surface area contributed by atoms with Crippen molar-refractivity contribution in [1.29, 1.82) is 0 Å². The van der Waals surface area contributed by atoms with Gasteiger partial charge in [0.25, 0.3) is 0 Å². The molecule has 0 fully saturated rings. The van der Waals surface area contributed by atoms with E-state index in [-0.39, 0.29) is 12.3 Å². The van der Waals surface area contributed by atoms with Gasteiger partial charge in [-0.2, -0.15) is 5.10 Å². The van der Waals surface area contributed by atoms with Gasteiger partial charge in [0.15, 0.2) is 5.78 Å². The second-order valence-corrected chi connectivity index (χ2v) is 7.08. The summed E-state index contributed by atoms with van der Waals surface area (Å²) in [7, 11) is 1.62. The SMILES string of the molecule is C=NN(/C=C(\N)c1cc(C(C)=O)cc(N)c1C=NC)C/C(N)=C/NC(=C)/C=C\C(=C/C)CN. The van der Waals surface area contributed by atoms with E-state index in [1.807, 2.05) is 19.1 Å². The zero-order chi connectivity index (χ0) is 25.0. The van der Waals surface area contributed by atoms with Gasteiger partial charge in [-0.25, -0.2) is 0 Å². The van der Waals surface area contributed by atoms with Gasteiger partial charge in [0.2, 0.25) is 0 Å². The number of carbonyl (C=O) groups excluding carboxylic acids is 1. The van der Waals surface area contributed by atoms with Gasteiger partial charge >= 0.3 is 0 Å². The van der Waals surface area contributed by atoms with Crippen LogP contribution in [0.4, 0.5) is 5.69 Å². The van der Waals surface area contributed by atoms with Crippen molar-refractivity contribution >= 4 is 30.1 Å². The lowest BCUT2D eigenvalue weighted by Crippen LogP contribution is -2.21. The average molecular weight is 451 g/mol. The second-order valence-electron chi connectivity index (χ2n) is 7.08. The van der Waals surface area contributed by atoms with Crippen LogP contribution in [0.5, 0.6) is 0 Å². The third-order valence-electron chi connectivity index (χ3n) is 4.55. The molecular weight excluding hydrogens is 416 g/mol. The fourth-order valence-electron chi connectivity index (χ4n) is 2.71. The Kier molecular flexibility index (Phi) is 10.9. The number of nitrogen functional groups attached to an aromatic ring is 1. The number of Topliss-reactive ketones (excluding diaryl/α,β-unsaturated/α-hetero) is 1. The molecule has 1 aromatic rings. The highest BCUT2D eigenvalue weighted by molar-refractivity contribution is 6.01. The summed E-state index contributed by atoms with van der Waals surface area (Å²) in [5, 5.41) is 8.42. The summed E-state index contributed by atoms with van der Waals surface area (Å²) >= 11 is 0. The Labute approximate surface area is 195 Å². The molecule has 9 heteroatoms. The van der Waals surface area contributed by atoms with Gasteiger partial charge in [0.1, 0.15) is 0 Å². The van der Waals surface area contributed by atoms with Crippen molar-refractivity contribution in [3.8, 4) is 0 Å². The molecule has 0 saturated carbocycles. The van der Waals surface area contributed by atoms with Crippen LogP contribution in [-0.2, 0) is 0 Å². The monoisotopic (exact) mass is 450 g/mol. The van der Waals surface area contributed by atoms with Crippen molar-refractivity contribution in [3.63, 3.8) is 0 Å². The highest BCUT2D eigenvalue weighted by Gasteiger charge is 2.13. The van der Waals surface area contributed by atoms with E-state index in [1.165, 1.54) is 11.9 Å². The third-order valence-corrected chi connectivity index (χ3v) is 4.55. The standard InChI is InChI=1S/C24H34N8O/c1-6-18(11-25)8-7-16(2)31-12-20(26)14-32(30-5)15-24(28)21-9-19(17(3)33)10-23(27)22(21)13-29-4/h6-10,12-13,15,31H,2,5,11,14,25-28H2,1,3-4H3/b8-7-,18-6+,20-12-,24-15-,29-13?. The molecule has 0 atom stereocenters. The molecule has 0 aromatic heterocycles. The van der Waals surface area contributed by atoms with Crippen LogP contribution in [0.2, 0.25) is 0 Å². The molecule has 0 bridgehead atoms. The molecule has 0 radical (unpaired) electrons. The van der Waals surface area contributed by atoms with Gasteiger partial charge in [0.05, 0.1) is 12.2 Å². The van der Waals surface area contributed by atoms with Crippen molar-refractivity contribution in [2.24, 2.45) is 27.3 Å². The van der Waals surface area contributed by atoms with E-state index in [0.29, 0.717) is 46.0 Å². The maximum Gasteiger partial charge on any atom is 0.159 e. The van der Waals surface area contributed by atoms with Crippen molar-refractivity contribution < 1.29 is 4.79 Å². The van der Waals surface area contributed by atoms with Crippen LogP contribution in [0.15, 0.2) is 76.4 Å². The number of carbonyl (C=O) groups is 1. The zero-order valence-corrected chi connectivity index (χ0v) is 19.5. The maximum atomic E-state index is 11.9. The lowest BCUT2D eigenvalue weighted by molar-refractivity contribution is 0.101. The van der Waals surface area contributed by atoms with E-state index in [1.54, 1.807) is 43.9 Å². The first-order valence-corrected chi connectivity index (χ1v) is 10.2. The second kappa shape index (κ2) is 13.3. The molecule has 176 valence electrons. The van der Waals surface area contributed by atoms with Gasteiger partial charge in [-0.05, 0) is 37.6 Å². The first kappa shape index (κ1) is 26.9. The number of aliphatic imine (C=N–C) groups is 1. The summed E-state index contributed by atoms with van der Waals surface area (Å²) in [5.74, 6) is -0.130. The summed E-state index contributed by atoms with van der Waals surface area (Å²) in [5.41, 5.74) is 28.6. The number of rotatable bonds is 12. The van der Waals surface area contributed by atoms with Crippen molar-refractivity contribution in [2.45, 2.75) is 13.8 Å². The first-order chi connectivity index (χ1) is 15.7. The Balaban J connectivity index is 3.08. The number of ketones is 1. The summed E-state index contributed by atoms with van der Waals surface area (Å²) in [6, 6.07) is 3.26. The molecule has 0 spiro atoms. The van der Waals surface area contributed by atoms with Gasteiger partial charge < -0.3 is 28.3 Å².